The van der Waals surface area contributed by atoms with E-state index in [1.807, 2.05) is 0 Å². The van der Waals surface area contributed by atoms with Crippen LogP contribution in [0.15, 0.2) is 84.9 Å². The van der Waals surface area contributed by atoms with Crippen molar-refractivity contribution < 1.29 is 64.1 Å². The van der Waals surface area contributed by atoms with Gasteiger partial charge in [0.15, 0.2) is 11.6 Å². The van der Waals surface area contributed by atoms with Gasteiger partial charge in [0.2, 0.25) is 0 Å². The molecule has 0 aliphatic heterocycles. The fourth-order valence-electron chi connectivity index (χ4n) is 3.75. The van der Waals surface area contributed by atoms with Crippen molar-refractivity contribution in [2.45, 2.75) is 19.6 Å². The summed E-state index contributed by atoms with van der Waals surface area (Å²) in [5.41, 5.74) is -1.17. The Morgan fingerprint density at radius 2 is 1.18 bits per heavy atom. The summed E-state index contributed by atoms with van der Waals surface area (Å²) in [6.07, 6.45) is -9.89. The van der Waals surface area contributed by atoms with Crippen molar-refractivity contribution in [2.24, 2.45) is 0 Å². The maximum atomic E-state index is 13.5. The number of benzene rings is 4. The molecule has 4 rings (SSSR count). The zero-order chi connectivity index (χ0) is 32.8. The van der Waals surface area contributed by atoms with E-state index in [0.29, 0.717) is 12.1 Å². The highest BCUT2D eigenvalue weighted by Crippen LogP contribution is 2.30. The van der Waals surface area contributed by atoms with E-state index in [0.717, 1.165) is 36.4 Å². The average molecular weight is 626 g/mol. The topological polar surface area (TPSA) is 89.9 Å². The van der Waals surface area contributed by atoms with Gasteiger partial charge in [0, 0.05) is 33.9 Å². The van der Waals surface area contributed by atoms with E-state index in [4.69, 9.17) is 5.11 Å². The quantitative estimate of drug-likeness (QED) is 0.166. The predicted molar refractivity (Wildman–Crippen MR) is 138 cm³/mol. The van der Waals surface area contributed by atoms with Gasteiger partial charge in [0.1, 0.15) is 23.1 Å². The number of ether oxygens (including phenoxy) is 2. The molecule has 44 heavy (non-hydrogen) atoms. The number of hydrogen-bond donors (Lipinski definition) is 1. The van der Waals surface area contributed by atoms with Gasteiger partial charge >= 0.3 is 18.7 Å². The summed E-state index contributed by atoms with van der Waals surface area (Å²) in [7, 11) is 0. The second-order valence-corrected chi connectivity index (χ2v) is 8.72. The van der Waals surface area contributed by atoms with Crippen LogP contribution in [-0.2, 0) is 0 Å². The van der Waals surface area contributed by atoms with Crippen molar-refractivity contribution in [1.29, 1.82) is 0 Å². The maximum absolute atomic E-state index is 13.5. The first-order chi connectivity index (χ1) is 20.4. The van der Waals surface area contributed by atoms with Gasteiger partial charge in [-0.1, -0.05) is 42.5 Å². The second kappa shape index (κ2) is 13.4. The summed E-state index contributed by atoms with van der Waals surface area (Å²) < 4.78 is 108. The molecule has 14 heteroatoms. The Bertz CT molecular complexity index is 1680. The highest BCUT2D eigenvalue weighted by atomic mass is 19.4. The van der Waals surface area contributed by atoms with Gasteiger partial charge in [0.05, 0.1) is 5.56 Å². The number of carboxylic acids is 1. The van der Waals surface area contributed by atoms with Crippen LogP contribution in [0.4, 0.5) is 35.1 Å². The molecule has 4 aromatic carbocycles. The molecule has 0 fully saturated rings. The summed E-state index contributed by atoms with van der Waals surface area (Å²) in [6, 6.07) is 16.0. The van der Waals surface area contributed by atoms with Crippen molar-refractivity contribution in [3.63, 3.8) is 0 Å². The van der Waals surface area contributed by atoms with E-state index in [1.165, 1.54) is 25.1 Å². The lowest BCUT2D eigenvalue weighted by molar-refractivity contribution is -0.275. The van der Waals surface area contributed by atoms with Crippen molar-refractivity contribution >= 4 is 17.5 Å². The van der Waals surface area contributed by atoms with Gasteiger partial charge in [-0.15, -0.1) is 26.3 Å². The molecule has 0 spiro atoms. The lowest BCUT2D eigenvalue weighted by atomic mass is 9.98. The van der Waals surface area contributed by atoms with Gasteiger partial charge in [-0.3, -0.25) is 9.59 Å². The van der Waals surface area contributed by atoms with Gasteiger partial charge in [-0.25, -0.2) is 13.6 Å². The zero-order valence-corrected chi connectivity index (χ0v) is 22.1. The molecular formula is C30H18F8O6. The Labute approximate surface area is 243 Å². The number of carbonyl (C=O) groups excluding carboxylic acids is 2. The Morgan fingerprint density at radius 1 is 0.614 bits per heavy atom. The SMILES string of the molecule is Cc1c(OC(F)(F)F)cc(F)cc1C(=O)c1ccccc1.O=C(O)c1ccc(F)cc1C(=O)c1cccc(OC(F)(F)F)c1. The molecule has 0 amide bonds. The Hall–Kier alpha value is -5.27. The second-order valence-electron chi connectivity index (χ2n) is 8.72. The van der Waals surface area contributed by atoms with Crippen LogP contribution in [0.25, 0.3) is 0 Å². The smallest absolute Gasteiger partial charge is 0.478 e. The number of carbonyl (C=O) groups is 3. The van der Waals surface area contributed by atoms with E-state index < -0.39 is 64.5 Å². The Kier molecular flexibility index (Phi) is 10.1. The van der Waals surface area contributed by atoms with Gasteiger partial charge < -0.3 is 14.6 Å². The summed E-state index contributed by atoms with van der Waals surface area (Å²) >= 11 is 0. The molecule has 0 radical (unpaired) electrons. The Balaban J connectivity index is 0.000000241. The highest BCUT2D eigenvalue weighted by molar-refractivity contribution is 6.14. The van der Waals surface area contributed by atoms with Gasteiger partial charge in [-0.2, -0.15) is 0 Å². The molecule has 0 saturated carbocycles. The molecule has 0 bridgehead atoms. The van der Waals surface area contributed by atoms with Crippen molar-refractivity contribution in [3.8, 4) is 11.5 Å². The first-order valence-corrected chi connectivity index (χ1v) is 12.0. The summed E-state index contributed by atoms with van der Waals surface area (Å²) in [6.45, 7) is 1.27. The number of hydrogen-bond acceptors (Lipinski definition) is 5. The molecule has 4 aromatic rings. The first kappa shape index (κ1) is 33.2. The molecule has 0 aliphatic rings. The fourth-order valence-corrected chi connectivity index (χ4v) is 3.75. The number of halogens is 8. The molecule has 0 saturated heterocycles. The number of alkyl halides is 6. The van der Waals surface area contributed by atoms with E-state index >= 15 is 0 Å². The third kappa shape index (κ3) is 9.11. The largest absolute Gasteiger partial charge is 0.573 e. The van der Waals surface area contributed by atoms with Crippen molar-refractivity contribution in [2.75, 3.05) is 0 Å². The van der Waals surface area contributed by atoms with E-state index in [-0.39, 0.29) is 22.3 Å². The number of aromatic carboxylic acids is 1. The van der Waals surface area contributed by atoms with E-state index in [9.17, 15) is 49.5 Å². The van der Waals surface area contributed by atoms with Crippen LogP contribution >= 0.6 is 0 Å². The summed E-state index contributed by atoms with van der Waals surface area (Å²) in [4.78, 5) is 35.6. The normalized spacial score (nSPS) is 11.2. The van der Waals surface area contributed by atoms with Crippen molar-refractivity contribution in [3.05, 3.63) is 130 Å². The molecule has 0 atom stereocenters. The van der Waals surface area contributed by atoms with Crippen LogP contribution < -0.4 is 9.47 Å². The van der Waals surface area contributed by atoms with Crippen molar-refractivity contribution in [1.82, 2.24) is 0 Å². The standard InChI is InChI=1S/C15H8F4O4.C15H10F4O2/c16-9-4-5-11(14(21)22)12(7-9)13(20)8-2-1-3-10(6-8)23-15(17,18)19;1-9-12(14(20)10-5-3-2-4-6-10)7-11(16)8-13(9)21-15(17,18)19/h1-7H,(H,21,22);2-8H,1H3. The minimum Gasteiger partial charge on any atom is -0.478 e. The summed E-state index contributed by atoms with van der Waals surface area (Å²) in [5.74, 6) is -6.15. The first-order valence-electron chi connectivity index (χ1n) is 12.0. The van der Waals surface area contributed by atoms with Crippen LogP contribution in [0.2, 0.25) is 0 Å². The maximum Gasteiger partial charge on any atom is 0.573 e. The lowest BCUT2D eigenvalue weighted by Gasteiger charge is -2.14. The van der Waals surface area contributed by atoms with Crippen LogP contribution in [0.1, 0.15) is 47.8 Å². The van der Waals surface area contributed by atoms with E-state index in [1.54, 1.807) is 18.2 Å². The van der Waals surface area contributed by atoms with E-state index in [2.05, 4.69) is 9.47 Å². The van der Waals surface area contributed by atoms with Crippen LogP contribution in [0.3, 0.4) is 0 Å². The minimum absolute atomic E-state index is 0.0671. The third-order valence-electron chi connectivity index (χ3n) is 5.62. The molecule has 0 aliphatic carbocycles. The average Bonchev–Trinajstić information content (AvgIpc) is 2.93. The lowest BCUT2D eigenvalue weighted by Crippen LogP contribution is -2.19. The monoisotopic (exact) mass is 626 g/mol. The van der Waals surface area contributed by atoms with Crippen LogP contribution in [0, 0.1) is 18.6 Å². The highest BCUT2D eigenvalue weighted by Gasteiger charge is 2.33. The molecule has 0 heterocycles. The number of ketones is 2. The molecule has 230 valence electrons. The Morgan fingerprint density at radius 3 is 1.77 bits per heavy atom. The number of rotatable bonds is 7. The fraction of sp³-hybridized carbons (Fsp3) is 0.100. The minimum atomic E-state index is -4.95. The van der Waals surface area contributed by atoms with Gasteiger partial charge in [0.25, 0.3) is 0 Å². The van der Waals surface area contributed by atoms with Crippen LogP contribution in [0.5, 0.6) is 11.5 Å². The molecular weight excluding hydrogens is 608 g/mol. The molecule has 0 aromatic heterocycles. The molecule has 0 unspecified atom stereocenters. The molecule has 6 nitrogen and oxygen atoms in total. The predicted octanol–water partition coefficient (Wildman–Crippen LogP) is 7.92. The van der Waals surface area contributed by atoms with Gasteiger partial charge in [-0.05, 0) is 43.3 Å². The van der Waals surface area contributed by atoms with Crippen LogP contribution in [-0.4, -0.2) is 35.4 Å². The summed E-state index contributed by atoms with van der Waals surface area (Å²) in [5, 5.41) is 9.01. The molecule has 1 N–H and O–H groups in total. The number of carboxylic acid groups (broad SMARTS) is 1. The zero-order valence-electron chi connectivity index (χ0n) is 22.1. The third-order valence-corrected chi connectivity index (χ3v) is 5.62.